The summed E-state index contributed by atoms with van der Waals surface area (Å²) in [5, 5.41) is 5.65. The molecule has 0 spiro atoms. The summed E-state index contributed by atoms with van der Waals surface area (Å²) in [4.78, 5) is 5.55. The molecule has 2 heterocycles. The molecule has 0 bridgehead atoms. The smallest absolute Gasteiger partial charge is 0.212 e. The third-order valence-electron chi connectivity index (χ3n) is 2.94. The van der Waals surface area contributed by atoms with E-state index in [0.717, 1.165) is 27.0 Å². The molecule has 0 atom stereocenters. The first-order chi connectivity index (χ1) is 9.19. The average molecular weight is 273 g/mol. The Bertz CT molecular complexity index is 683. The van der Waals surface area contributed by atoms with Gasteiger partial charge in [0.1, 0.15) is 10.8 Å². The quantitative estimate of drug-likeness (QED) is 0.732. The number of para-hydroxylation sites is 1. The average Bonchev–Trinajstić information content (AvgIpc) is 2.96. The molecule has 1 aromatic carbocycles. The summed E-state index contributed by atoms with van der Waals surface area (Å²) in [7, 11) is 1.67. The second kappa shape index (κ2) is 4.66. The highest BCUT2D eigenvalue weighted by molar-refractivity contribution is 7.16. The number of benzene rings is 1. The fourth-order valence-electron chi connectivity index (χ4n) is 1.93. The third-order valence-corrected chi connectivity index (χ3v) is 4.16. The number of hydrogen-bond donors (Lipinski definition) is 0. The molecule has 0 saturated carbocycles. The number of ether oxygens (including phenoxy) is 1. The molecule has 0 unspecified atom stereocenters. The molecule has 0 aliphatic carbocycles. The van der Waals surface area contributed by atoms with Crippen molar-refractivity contribution in [3.8, 4) is 17.0 Å². The van der Waals surface area contributed by atoms with E-state index in [1.807, 2.05) is 35.0 Å². The van der Waals surface area contributed by atoms with Crippen molar-refractivity contribution in [1.82, 2.24) is 14.6 Å². The number of rotatable bonds is 3. The first-order valence-electron chi connectivity index (χ1n) is 6.18. The molecule has 4 nitrogen and oxygen atoms in total. The van der Waals surface area contributed by atoms with Crippen LogP contribution < -0.4 is 4.74 Å². The number of hydrogen-bond acceptors (Lipinski definition) is 4. The van der Waals surface area contributed by atoms with Gasteiger partial charge in [0.15, 0.2) is 0 Å². The van der Waals surface area contributed by atoms with Gasteiger partial charge in [0.05, 0.1) is 19.0 Å². The topological polar surface area (TPSA) is 39.4 Å². The highest BCUT2D eigenvalue weighted by Gasteiger charge is 2.13. The third kappa shape index (κ3) is 2.10. The lowest BCUT2D eigenvalue weighted by molar-refractivity contribution is 0.416. The largest absolute Gasteiger partial charge is 0.496 e. The Morgan fingerprint density at radius 3 is 2.74 bits per heavy atom. The minimum atomic E-state index is 0.432. The van der Waals surface area contributed by atoms with E-state index < -0.39 is 0 Å². The van der Waals surface area contributed by atoms with Gasteiger partial charge in [-0.2, -0.15) is 5.10 Å². The minimum absolute atomic E-state index is 0.432. The first kappa shape index (κ1) is 12.2. The maximum Gasteiger partial charge on any atom is 0.212 e. The Morgan fingerprint density at radius 2 is 2.05 bits per heavy atom. The lowest BCUT2D eigenvalue weighted by Crippen LogP contribution is -1.89. The van der Waals surface area contributed by atoms with E-state index >= 15 is 0 Å². The van der Waals surface area contributed by atoms with Crippen molar-refractivity contribution in [1.29, 1.82) is 0 Å². The number of aromatic nitrogens is 3. The van der Waals surface area contributed by atoms with E-state index in [2.05, 4.69) is 23.9 Å². The van der Waals surface area contributed by atoms with Gasteiger partial charge in [-0.25, -0.2) is 9.50 Å². The summed E-state index contributed by atoms with van der Waals surface area (Å²) in [6, 6.07) is 7.89. The van der Waals surface area contributed by atoms with Crippen molar-refractivity contribution >= 4 is 16.3 Å². The molecule has 0 fully saturated rings. The first-order valence-corrected chi connectivity index (χ1v) is 7.00. The molecule has 0 saturated heterocycles. The Hall–Kier alpha value is -1.88. The molecular formula is C14H15N3OS. The van der Waals surface area contributed by atoms with E-state index in [0.29, 0.717) is 5.92 Å². The van der Waals surface area contributed by atoms with Gasteiger partial charge in [0.25, 0.3) is 0 Å². The number of imidazole rings is 1. The Balaban J connectivity index is 2.08. The molecule has 0 aliphatic rings. The minimum Gasteiger partial charge on any atom is -0.496 e. The summed E-state index contributed by atoms with van der Waals surface area (Å²) >= 11 is 1.63. The van der Waals surface area contributed by atoms with Gasteiger partial charge in [0, 0.05) is 11.5 Å². The maximum atomic E-state index is 5.37. The molecule has 3 aromatic rings. The van der Waals surface area contributed by atoms with Gasteiger partial charge in [0.2, 0.25) is 4.96 Å². The summed E-state index contributed by atoms with van der Waals surface area (Å²) in [5.41, 5.74) is 1.89. The normalized spacial score (nSPS) is 11.4. The highest BCUT2D eigenvalue weighted by Crippen LogP contribution is 2.30. The van der Waals surface area contributed by atoms with E-state index in [1.165, 1.54) is 0 Å². The lowest BCUT2D eigenvalue weighted by Gasteiger charge is -2.04. The van der Waals surface area contributed by atoms with Crippen molar-refractivity contribution in [3.05, 3.63) is 35.5 Å². The van der Waals surface area contributed by atoms with Crippen LogP contribution in [0.1, 0.15) is 24.8 Å². The molecular weight excluding hydrogens is 258 g/mol. The van der Waals surface area contributed by atoms with Crippen molar-refractivity contribution in [2.45, 2.75) is 19.8 Å². The van der Waals surface area contributed by atoms with Crippen molar-refractivity contribution in [2.24, 2.45) is 0 Å². The zero-order chi connectivity index (χ0) is 13.4. The molecule has 0 radical (unpaired) electrons. The number of nitrogens with zero attached hydrogens (tertiary/aromatic N) is 3. The molecule has 0 amide bonds. The summed E-state index contributed by atoms with van der Waals surface area (Å²) in [6.07, 6.45) is 1.95. The fraction of sp³-hybridized carbons (Fsp3) is 0.286. The van der Waals surface area contributed by atoms with Gasteiger partial charge in [-0.1, -0.05) is 37.3 Å². The van der Waals surface area contributed by atoms with E-state index in [4.69, 9.17) is 4.74 Å². The molecule has 98 valence electrons. The zero-order valence-corrected chi connectivity index (χ0v) is 11.9. The SMILES string of the molecule is COc1ccccc1-c1cn2nc(C(C)C)sc2n1. The van der Waals surface area contributed by atoms with Crippen LogP contribution in [0.2, 0.25) is 0 Å². The van der Waals surface area contributed by atoms with Crippen molar-refractivity contribution in [2.75, 3.05) is 7.11 Å². The van der Waals surface area contributed by atoms with Gasteiger partial charge in [-0.15, -0.1) is 0 Å². The Morgan fingerprint density at radius 1 is 1.26 bits per heavy atom. The monoisotopic (exact) mass is 273 g/mol. The van der Waals surface area contributed by atoms with Crippen LogP contribution >= 0.6 is 11.3 Å². The molecule has 3 rings (SSSR count). The van der Waals surface area contributed by atoms with Crippen LogP contribution in [-0.4, -0.2) is 21.7 Å². The van der Waals surface area contributed by atoms with E-state index in [-0.39, 0.29) is 0 Å². The van der Waals surface area contributed by atoms with Crippen molar-refractivity contribution in [3.63, 3.8) is 0 Å². The van der Waals surface area contributed by atoms with Crippen LogP contribution in [0.15, 0.2) is 30.5 Å². The Labute approximate surface area is 115 Å². The fourth-order valence-corrected chi connectivity index (χ4v) is 2.82. The van der Waals surface area contributed by atoms with Crippen LogP contribution in [0, 0.1) is 0 Å². The number of methoxy groups -OCH3 is 1. The maximum absolute atomic E-state index is 5.37. The van der Waals surface area contributed by atoms with Crippen LogP contribution in [0.5, 0.6) is 5.75 Å². The van der Waals surface area contributed by atoms with Crippen molar-refractivity contribution < 1.29 is 4.74 Å². The predicted molar refractivity (Wildman–Crippen MR) is 76.9 cm³/mol. The second-order valence-corrected chi connectivity index (χ2v) is 5.64. The molecule has 0 N–H and O–H groups in total. The van der Waals surface area contributed by atoms with Crippen LogP contribution in [-0.2, 0) is 0 Å². The molecule has 0 aliphatic heterocycles. The van der Waals surface area contributed by atoms with Gasteiger partial charge < -0.3 is 4.74 Å². The molecule has 5 heteroatoms. The Kier molecular flexibility index (Phi) is 2.98. The lowest BCUT2D eigenvalue weighted by atomic mass is 10.1. The van der Waals surface area contributed by atoms with Gasteiger partial charge in [-0.05, 0) is 12.1 Å². The summed E-state index contributed by atoms with van der Waals surface area (Å²) in [5.74, 6) is 1.26. The van der Waals surface area contributed by atoms with Gasteiger partial charge >= 0.3 is 0 Å². The van der Waals surface area contributed by atoms with Crippen LogP contribution in [0.4, 0.5) is 0 Å². The van der Waals surface area contributed by atoms with Crippen LogP contribution in [0.25, 0.3) is 16.2 Å². The number of fused-ring (bicyclic) bond motifs is 1. The van der Waals surface area contributed by atoms with Gasteiger partial charge in [-0.3, -0.25) is 0 Å². The molecule has 2 aromatic heterocycles. The summed E-state index contributed by atoms with van der Waals surface area (Å²) < 4.78 is 7.22. The molecule has 19 heavy (non-hydrogen) atoms. The van der Waals surface area contributed by atoms with E-state index in [9.17, 15) is 0 Å². The standard InChI is InChI=1S/C14H15N3OS/c1-9(2)13-16-17-8-11(15-14(17)19-13)10-6-4-5-7-12(10)18-3/h4-9H,1-3H3. The summed E-state index contributed by atoms with van der Waals surface area (Å²) in [6.45, 7) is 4.28. The highest BCUT2D eigenvalue weighted by atomic mass is 32.1. The predicted octanol–water partition coefficient (Wildman–Crippen LogP) is 3.59. The van der Waals surface area contributed by atoms with E-state index in [1.54, 1.807) is 18.4 Å². The zero-order valence-electron chi connectivity index (χ0n) is 11.1. The van der Waals surface area contributed by atoms with Crippen LogP contribution in [0.3, 0.4) is 0 Å². The second-order valence-electron chi connectivity index (χ2n) is 4.65.